The van der Waals surface area contributed by atoms with Gasteiger partial charge in [-0.15, -0.1) is 6.58 Å². The second kappa shape index (κ2) is 9.03. The van der Waals surface area contributed by atoms with Gasteiger partial charge < -0.3 is 16.0 Å². The minimum atomic E-state index is -4.74. The number of hydrogen-bond acceptors (Lipinski definition) is 2. The molecule has 0 bridgehead atoms. The highest BCUT2D eigenvalue weighted by molar-refractivity contribution is 5.95. The number of nitrogens with one attached hydrogen (secondary N) is 3. The number of benzene rings is 2. The quantitative estimate of drug-likeness (QED) is 0.510. The summed E-state index contributed by atoms with van der Waals surface area (Å²) in [5, 5.41) is 7.31. The summed E-state index contributed by atoms with van der Waals surface area (Å²) in [4.78, 5) is 23.7. The summed E-state index contributed by atoms with van der Waals surface area (Å²) in [6.07, 6.45) is -3.21. The SMILES string of the molecule is C=CCNC(=O)c1ccc(NC(=O)NCc2ccc(F)cc2C(F)(F)F)cc1. The predicted molar refractivity (Wildman–Crippen MR) is 96.2 cm³/mol. The average molecular weight is 395 g/mol. The van der Waals surface area contributed by atoms with E-state index in [-0.39, 0.29) is 11.5 Å². The number of alkyl halides is 3. The van der Waals surface area contributed by atoms with Crippen molar-refractivity contribution in [2.45, 2.75) is 12.7 Å². The van der Waals surface area contributed by atoms with Crippen molar-refractivity contribution < 1.29 is 27.2 Å². The Bertz CT molecular complexity index is 864. The molecule has 0 saturated heterocycles. The van der Waals surface area contributed by atoms with Crippen molar-refractivity contribution in [3.63, 3.8) is 0 Å². The molecule has 148 valence electrons. The number of hydrogen-bond donors (Lipinski definition) is 3. The molecule has 5 nitrogen and oxygen atoms in total. The van der Waals surface area contributed by atoms with Crippen LogP contribution >= 0.6 is 0 Å². The summed E-state index contributed by atoms with van der Waals surface area (Å²) < 4.78 is 51.9. The topological polar surface area (TPSA) is 70.2 Å². The number of amides is 3. The highest BCUT2D eigenvalue weighted by atomic mass is 19.4. The Balaban J connectivity index is 1.96. The van der Waals surface area contributed by atoms with E-state index in [1.807, 2.05) is 0 Å². The molecule has 0 radical (unpaired) electrons. The standard InChI is InChI=1S/C19H17F4N3O2/c1-2-9-24-17(27)12-4-7-15(8-5-12)26-18(28)25-11-13-3-6-14(20)10-16(13)19(21,22)23/h2-8,10H,1,9,11H2,(H,24,27)(H2,25,26,28). The molecule has 0 atom stereocenters. The van der Waals surface area contributed by atoms with E-state index in [2.05, 4.69) is 22.5 Å². The van der Waals surface area contributed by atoms with E-state index in [9.17, 15) is 27.2 Å². The number of anilines is 1. The summed E-state index contributed by atoms with van der Waals surface area (Å²) in [6.45, 7) is 3.35. The van der Waals surface area contributed by atoms with Crippen LogP contribution in [0.25, 0.3) is 0 Å². The third-order valence-corrected chi connectivity index (χ3v) is 3.63. The van der Waals surface area contributed by atoms with Gasteiger partial charge in [0, 0.05) is 24.3 Å². The predicted octanol–water partition coefficient (Wildman–Crippen LogP) is 4.08. The van der Waals surface area contributed by atoms with Crippen LogP contribution in [0.2, 0.25) is 0 Å². The lowest BCUT2D eigenvalue weighted by atomic mass is 10.1. The van der Waals surface area contributed by atoms with Crippen LogP contribution in [0.15, 0.2) is 55.1 Å². The molecule has 2 aromatic carbocycles. The molecule has 3 amide bonds. The zero-order chi connectivity index (χ0) is 20.7. The van der Waals surface area contributed by atoms with E-state index in [1.165, 1.54) is 30.3 Å². The van der Waals surface area contributed by atoms with Crippen LogP contribution in [0.4, 0.5) is 28.0 Å². The number of carbonyl (C=O) groups excluding carboxylic acids is 2. The maximum Gasteiger partial charge on any atom is 0.416 e. The third kappa shape index (κ3) is 5.83. The van der Waals surface area contributed by atoms with Gasteiger partial charge in [-0.2, -0.15) is 13.2 Å². The lowest BCUT2D eigenvalue weighted by Crippen LogP contribution is -2.29. The molecule has 0 unspecified atom stereocenters. The average Bonchev–Trinajstić information content (AvgIpc) is 2.65. The minimum absolute atomic E-state index is 0.265. The van der Waals surface area contributed by atoms with Crippen molar-refractivity contribution in [3.05, 3.63) is 77.6 Å². The van der Waals surface area contributed by atoms with E-state index < -0.39 is 30.1 Å². The second-order valence-corrected chi connectivity index (χ2v) is 5.68. The molecule has 0 heterocycles. The molecule has 2 rings (SSSR count). The molecular formula is C19H17F4N3O2. The molecule has 0 aliphatic rings. The smallest absolute Gasteiger partial charge is 0.349 e. The van der Waals surface area contributed by atoms with Crippen LogP contribution < -0.4 is 16.0 Å². The molecule has 0 aromatic heterocycles. The van der Waals surface area contributed by atoms with Gasteiger partial charge >= 0.3 is 12.2 Å². The van der Waals surface area contributed by atoms with Gasteiger partial charge in [0.25, 0.3) is 5.91 Å². The van der Waals surface area contributed by atoms with E-state index in [4.69, 9.17) is 0 Å². The molecule has 2 aromatic rings. The van der Waals surface area contributed by atoms with Crippen molar-refractivity contribution in [2.75, 3.05) is 11.9 Å². The zero-order valence-corrected chi connectivity index (χ0v) is 14.6. The molecule has 0 fully saturated rings. The van der Waals surface area contributed by atoms with Gasteiger partial charge in [0.1, 0.15) is 5.82 Å². The van der Waals surface area contributed by atoms with Crippen molar-refractivity contribution in [2.24, 2.45) is 0 Å². The molecule has 0 aliphatic heterocycles. The van der Waals surface area contributed by atoms with E-state index in [0.717, 1.165) is 12.1 Å². The van der Waals surface area contributed by atoms with E-state index >= 15 is 0 Å². The molecule has 28 heavy (non-hydrogen) atoms. The van der Waals surface area contributed by atoms with Crippen LogP contribution in [0.1, 0.15) is 21.5 Å². The number of carbonyl (C=O) groups is 2. The number of urea groups is 1. The van der Waals surface area contributed by atoms with Gasteiger partial charge in [0.05, 0.1) is 5.56 Å². The van der Waals surface area contributed by atoms with Crippen molar-refractivity contribution in [3.8, 4) is 0 Å². The lowest BCUT2D eigenvalue weighted by Gasteiger charge is -2.14. The van der Waals surface area contributed by atoms with Crippen molar-refractivity contribution in [1.82, 2.24) is 10.6 Å². The summed E-state index contributed by atoms with van der Waals surface area (Å²) >= 11 is 0. The van der Waals surface area contributed by atoms with Crippen molar-refractivity contribution >= 4 is 17.6 Å². The van der Waals surface area contributed by atoms with Gasteiger partial charge in [0.15, 0.2) is 0 Å². The maximum absolute atomic E-state index is 13.1. The number of halogens is 4. The molecule has 0 aliphatic carbocycles. The summed E-state index contributed by atoms with van der Waals surface area (Å²) in [6, 6.07) is 7.40. The monoisotopic (exact) mass is 395 g/mol. The second-order valence-electron chi connectivity index (χ2n) is 5.68. The highest BCUT2D eigenvalue weighted by Crippen LogP contribution is 2.32. The molecule has 9 heteroatoms. The van der Waals surface area contributed by atoms with Gasteiger partial charge in [-0.25, -0.2) is 9.18 Å². The Morgan fingerprint density at radius 1 is 1.04 bits per heavy atom. The van der Waals surface area contributed by atoms with E-state index in [0.29, 0.717) is 23.9 Å². The fourth-order valence-corrected chi connectivity index (χ4v) is 2.29. The van der Waals surface area contributed by atoms with Crippen LogP contribution in [0.5, 0.6) is 0 Å². The first-order valence-electron chi connectivity index (χ1n) is 8.10. The fraction of sp³-hybridized carbons (Fsp3) is 0.158. The van der Waals surface area contributed by atoms with E-state index in [1.54, 1.807) is 0 Å². The van der Waals surface area contributed by atoms with Gasteiger partial charge in [-0.3, -0.25) is 4.79 Å². The van der Waals surface area contributed by atoms with Crippen LogP contribution in [-0.4, -0.2) is 18.5 Å². The zero-order valence-electron chi connectivity index (χ0n) is 14.6. The molecule has 0 saturated carbocycles. The Morgan fingerprint density at radius 3 is 2.32 bits per heavy atom. The first-order valence-corrected chi connectivity index (χ1v) is 8.10. The summed E-state index contributed by atoms with van der Waals surface area (Å²) in [5.74, 6) is -1.33. The fourth-order valence-electron chi connectivity index (χ4n) is 2.29. The summed E-state index contributed by atoms with van der Waals surface area (Å²) in [7, 11) is 0. The Kier molecular flexibility index (Phi) is 6.75. The van der Waals surface area contributed by atoms with Crippen LogP contribution in [0.3, 0.4) is 0 Å². The lowest BCUT2D eigenvalue weighted by molar-refractivity contribution is -0.138. The Morgan fingerprint density at radius 2 is 1.71 bits per heavy atom. The maximum atomic E-state index is 13.1. The summed E-state index contributed by atoms with van der Waals surface area (Å²) in [5.41, 5.74) is -0.706. The van der Waals surface area contributed by atoms with Gasteiger partial charge in [0.2, 0.25) is 0 Å². The number of rotatable bonds is 6. The van der Waals surface area contributed by atoms with Gasteiger partial charge in [-0.1, -0.05) is 12.1 Å². The van der Waals surface area contributed by atoms with Crippen LogP contribution in [0, 0.1) is 5.82 Å². The highest BCUT2D eigenvalue weighted by Gasteiger charge is 2.33. The first kappa shape index (κ1) is 20.9. The minimum Gasteiger partial charge on any atom is -0.349 e. The van der Waals surface area contributed by atoms with Crippen LogP contribution in [-0.2, 0) is 12.7 Å². The Hall–Kier alpha value is -3.36. The normalized spacial score (nSPS) is 10.9. The first-order chi connectivity index (χ1) is 13.2. The molecule has 3 N–H and O–H groups in total. The largest absolute Gasteiger partial charge is 0.416 e. The third-order valence-electron chi connectivity index (χ3n) is 3.63. The molecular weight excluding hydrogens is 378 g/mol. The Labute approximate surface area is 158 Å². The van der Waals surface area contributed by atoms with Crippen molar-refractivity contribution in [1.29, 1.82) is 0 Å². The van der Waals surface area contributed by atoms with Gasteiger partial charge in [-0.05, 0) is 42.0 Å². The molecule has 0 spiro atoms.